The van der Waals surface area contributed by atoms with Gasteiger partial charge in [-0.2, -0.15) is 5.26 Å². The van der Waals surface area contributed by atoms with Gasteiger partial charge in [0.2, 0.25) is 0 Å². The Kier molecular flexibility index (Phi) is 3.59. The van der Waals surface area contributed by atoms with Crippen molar-refractivity contribution in [1.29, 1.82) is 5.26 Å². The van der Waals surface area contributed by atoms with Crippen LogP contribution in [0.5, 0.6) is 0 Å². The van der Waals surface area contributed by atoms with Gasteiger partial charge in [0, 0.05) is 0 Å². The lowest BCUT2D eigenvalue weighted by molar-refractivity contribution is 0.981. The molecule has 0 N–H and O–H groups in total. The summed E-state index contributed by atoms with van der Waals surface area (Å²) < 4.78 is 1.91. The minimum Gasteiger partial charge on any atom is -0.294 e. The van der Waals surface area contributed by atoms with Gasteiger partial charge in [-0.25, -0.2) is 4.98 Å². The number of para-hydroxylation sites is 1. The number of hydrogen-bond donors (Lipinski definition) is 0. The molecule has 2 aromatic carbocycles. The Bertz CT molecular complexity index is 875. The van der Waals surface area contributed by atoms with Crippen LogP contribution >= 0.6 is 23.2 Å². The van der Waals surface area contributed by atoms with E-state index in [4.69, 9.17) is 23.2 Å². The second-order valence-electron chi connectivity index (χ2n) is 4.74. The Morgan fingerprint density at radius 1 is 1.29 bits per heavy atom. The van der Waals surface area contributed by atoms with Crippen molar-refractivity contribution in [2.45, 2.75) is 12.8 Å². The summed E-state index contributed by atoms with van der Waals surface area (Å²) in [6.07, 6.45) is 0. The van der Waals surface area contributed by atoms with Crippen LogP contribution in [0.3, 0.4) is 0 Å². The molecule has 3 aromatic rings. The van der Waals surface area contributed by atoms with Crippen molar-refractivity contribution >= 4 is 34.2 Å². The molecule has 0 saturated carbocycles. The molecule has 0 spiro atoms. The zero-order valence-corrected chi connectivity index (χ0v) is 12.8. The van der Waals surface area contributed by atoms with E-state index >= 15 is 0 Å². The molecule has 0 bridgehead atoms. The monoisotopic (exact) mass is 315 g/mol. The minimum atomic E-state index is 0.240. The van der Waals surface area contributed by atoms with Gasteiger partial charge in [0.25, 0.3) is 0 Å². The summed E-state index contributed by atoms with van der Waals surface area (Å²) in [6.45, 7) is 1.98. The first kappa shape index (κ1) is 13.9. The molecule has 1 aromatic heterocycles. The Hall–Kier alpha value is -2.02. The highest BCUT2D eigenvalue weighted by Crippen LogP contribution is 2.29. The topological polar surface area (TPSA) is 41.6 Å². The van der Waals surface area contributed by atoms with Crippen LogP contribution in [0.2, 0.25) is 5.02 Å². The zero-order chi connectivity index (χ0) is 15.0. The number of rotatable bonds is 2. The van der Waals surface area contributed by atoms with Crippen LogP contribution in [0.1, 0.15) is 17.0 Å². The fourth-order valence-electron chi connectivity index (χ4n) is 2.39. The number of halogens is 2. The van der Waals surface area contributed by atoms with Crippen LogP contribution < -0.4 is 0 Å². The lowest BCUT2D eigenvalue weighted by Crippen LogP contribution is -2.00. The lowest BCUT2D eigenvalue weighted by atomic mass is 10.2. The van der Waals surface area contributed by atoms with Crippen LogP contribution in [0.15, 0.2) is 36.4 Å². The molecule has 0 saturated heterocycles. The lowest BCUT2D eigenvalue weighted by Gasteiger charge is -2.10. The predicted molar refractivity (Wildman–Crippen MR) is 85.1 cm³/mol. The number of hydrogen-bond acceptors (Lipinski definition) is 2. The van der Waals surface area contributed by atoms with Crippen molar-refractivity contribution < 1.29 is 0 Å². The molecule has 3 nitrogen and oxygen atoms in total. The van der Waals surface area contributed by atoms with Crippen LogP contribution in [-0.2, 0) is 5.88 Å². The molecule has 0 radical (unpaired) electrons. The van der Waals surface area contributed by atoms with E-state index in [1.807, 2.05) is 41.8 Å². The third kappa shape index (κ3) is 2.27. The molecule has 0 aliphatic rings. The van der Waals surface area contributed by atoms with E-state index in [9.17, 15) is 5.26 Å². The second kappa shape index (κ2) is 5.40. The molecule has 0 amide bonds. The van der Waals surface area contributed by atoms with E-state index in [2.05, 4.69) is 11.1 Å². The van der Waals surface area contributed by atoms with Gasteiger partial charge in [-0.05, 0) is 36.8 Å². The summed E-state index contributed by atoms with van der Waals surface area (Å²) in [5, 5.41) is 9.84. The molecule has 0 aliphatic carbocycles. The SMILES string of the molecule is Cc1ccc(-n2c(CCl)nc3c(C#N)cccc32)c(Cl)c1. The van der Waals surface area contributed by atoms with Crippen molar-refractivity contribution in [3.8, 4) is 11.8 Å². The number of aryl methyl sites for hydroxylation is 1. The highest BCUT2D eigenvalue weighted by molar-refractivity contribution is 6.32. The molecular weight excluding hydrogens is 305 g/mol. The number of nitrogens with zero attached hydrogens (tertiary/aromatic N) is 3. The number of alkyl halides is 1. The normalized spacial score (nSPS) is 10.8. The maximum absolute atomic E-state index is 9.21. The van der Waals surface area contributed by atoms with Crippen molar-refractivity contribution in [2.24, 2.45) is 0 Å². The molecular formula is C16H11Cl2N3. The predicted octanol–water partition coefficient (Wildman–Crippen LogP) is 4.60. The summed E-state index contributed by atoms with van der Waals surface area (Å²) in [6, 6.07) is 13.5. The van der Waals surface area contributed by atoms with Gasteiger partial charge < -0.3 is 0 Å². The average molecular weight is 316 g/mol. The van der Waals surface area contributed by atoms with Gasteiger partial charge >= 0.3 is 0 Å². The van der Waals surface area contributed by atoms with Crippen molar-refractivity contribution in [3.63, 3.8) is 0 Å². The minimum absolute atomic E-state index is 0.240. The number of nitriles is 1. The molecule has 104 valence electrons. The maximum atomic E-state index is 9.21. The Labute approximate surface area is 132 Å². The van der Waals surface area contributed by atoms with Gasteiger partial charge in [-0.1, -0.05) is 23.7 Å². The first-order valence-electron chi connectivity index (χ1n) is 6.38. The molecule has 0 aliphatic heterocycles. The fraction of sp³-hybridized carbons (Fsp3) is 0.125. The smallest absolute Gasteiger partial charge is 0.129 e. The van der Waals surface area contributed by atoms with Crippen molar-refractivity contribution in [3.05, 3.63) is 58.4 Å². The number of aromatic nitrogens is 2. The van der Waals surface area contributed by atoms with Crippen LogP contribution in [-0.4, -0.2) is 9.55 Å². The van der Waals surface area contributed by atoms with E-state index in [0.717, 1.165) is 16.8 Å². The summed E-state index contributed by atoms with van der Waals surface area (Å²) in [5.41, 5.74) is 3.90. The molecule has 0 fully saturated rings. The standard InChI is InChI=1S/C16H11Cl2N3/c1-10-5-6-13(12(18)7-10)21-14-4-2-3-11(9-19)16(14)20-15(21)8-17/h2-7H,8H2,1H3. The van der Waals surface area contributed by atoms with Crippen molar-refractivity contribution in [2.75, 3.05) is 0 Å². The van der Waals surface area contributed by atoms with Gasteiger partial charge in [0.15, 0.2) is 0 Å². The molecule has 1 heterocycles. The highest BCUT2D eigenvalue weighted by Gasteiger charge is 2.16. The quantitative estimate of drug-likeness (QED) is 0.648. The average Bonchev–Trinajstić information content (AvgIpc) is 2.85. The zero-order valence-electron chi connectivity index (χ0n) is 11.3. The Balaban J connectivity index is 2.39. The van der Waals surface area contributed by atoms with Crippen molar-refractivity contribution in [1.82, 2.24) is 9.55 Å². The van der Waals surface area contributed by atoms with E-state index < -0.39 is 0 Å². The second-order valence-corrected chi connectivity index (χ2v) is 5.41. The van der Waals surface area contributed by atoms with Gasteiger partial charge in [0.05, 0.1) is 27.7 Å². The molecule has 0 atom stereocenters. The summed E-state index contributed by atoms with van der Waals surface area (Å²) in [4.78, 5) is 4.49. The van der Waals surface area contributed by atoms with Gasteiger partial charge in [-0.3, -0.25) is 4.57 Å². The van der Waals surface area contributed by atoms with Gasteiger partial charge in [0.1, 0.15) is 17.4 Å². The first-order chi connectivity index (χ1) is 10.2. The number of benzene rings is 2. The third-order valence-corrected chi connectivity index (χ3v) is 3.88. The molecule has 21 heavy (non-hydrogen) atoms. The van der Waals surface area contributed by atoms with Crippen LogP contribution in [0.4, 0.5) is 0 Å². The molecule has 5 heteroatoms. The highest BCUT2D eigenvalue weighted by atomic mass is 35.5. The number of fused-ring (bicyclic) bond motifs is 1. The van der Waals surface area contributed by atoms with Gasteiger partial charge in [-0.15, -0.1) is 11.6 Å². The fourth-order valence-corrected chi connectivity index (χ4v) is 2.89. The summed E-state index contributed by atoms with van der Waals surface area (Å²) >= 11 is 12.4. The largest absolute Gasteiger partial charge is 0.294 e. The van der Waals surface area contributed by atoms with Crippen LogP contribution in [0, 0.1) is 18.3 Å². The first-order valence-corrected chi connectivity index (χ1v) is 7.30. The Morgan fingerprint density at radius 2 is 2.10 bits per heavy atom. The maximum Gasteiger partial charge on any atom is 0.129 e. The Morgan fingerprint density at radius 3 is 2.76 bits per heavy atom. The van der Waals surface area contributed by atoms with E-state index in [1.165, 1.54) is 0 Å². The van der Waals surface area contributed by atoms with E-state index in [-0.39, 0.29) is 5.88 Å². The molecule has 3 rings (SSSR count). The van der Waals surface area contributed by atoms with E-state index in [0.29, 0.717) is 21.9 Å². The molecule has 0 unspecified atom stereocenters. The summed E-state index contributed by atoms with van der Waals surface area (Å²) in [5.74, 6) is 0.907. The third-order valence-electron chi connectivity index (χ3n) is 3.34. The summed E-state index contributed by atoms with van der Waals surface area (Å²) in [7, 11) is 0. The van der Waals surface area contributed by atoms with Crippen LogP contribution in [0.25, 0.3) is 16.7 Å². The van der Waals surface area contributed by atoms with E-state index in [1.54, 1.807) is 6.07 Å². The number of imidazole rings is 1.